The Morgan fingerprint density at radius 1 is 1.47 bits per heavy atom. The summed E-state index contributed by atoms with van der Waals surface area (Å²) in [5.41, 5.74) is 5.09. The van der Waals surface area contributed by atoms with E-state index in [1.165, 1.54) is 0 Å². The van der Waals surface area contributed by atoms with Gasteiger partial charge in [-0.1, -0.05) is 36.6 Å². The lowest BCUT2D eigenvalue weighted by Crippen LogP contribution is -2.49. The summed E-state index contributed by atoms with van der Waals surface area (Å²) in [5, 5.41) is 6.55. The highest BCUT2D eigenvalue weighted by molar-refractivity contribution is 7.80. The third kappa shape index (κ3) is 2.91. The van der Waals surface area contributed by atoms with Crippen LogP contribution in [0.1, 0.15) is 43.8 Å². The molecule has 1 aliphatic rings. The highest BCUT2D eigenvalue weighted by atomic mass is 32.1. The second kappa shape index (κ2) is 5.64. The minimum atomic E-state index is -0.702. The van der Waals surface area contributed by atoms with Crippen molar-refractivity contribution in [3.8, 4) is 0 Å². The van der Waals surface area contributed by atoms with E-state index in [-0.39, 0.29) is 17.4 Å². The standard InChI is InChI=1S/C12H18N4O2S/c1-8-15-9(16-18-8)7-14-11(17)12(10(13)19)5-3-2-4-6-12/h2-7H2,1H3,(H2,13,19)(H,14,17). The number of nitrogens with zero attached hydrogens (tertiary/aromatic N) is 2. The molecule has 0 spiro atoms. The molecule has 7 heteroatoms. The van der Waals surface area contributed by atoms with Crippen molar-refractivity contribution in [1.82, 2.24) is 15.5 Å². The third-order valence-corrected chi connectivity index (χ3v) is 3.98. The third-order valence-electron chi connectivity index (χ3n) is 3.59. The molecule has 0 saturated heterocycles. The molecule has 1 heterocycles. The van der Waals surface area contributed by atoms with Crippen LogP contribution in [-0.2, 0) is 11.3 Å². The molecule has 6 nitrogen and oxygen atoms in total. The molecule has 0 aromatic carbocycles. The van der Waals surface area contributed by atoms with Gasteiger partial charge in [0, 0.05) is 6.92 Å². The van der Waals surface area contributed by atoms with Crippen molar-refractivity contribution in [3.63, 3.8) is 0 Å². The Balaban J connectivity index is 2.02. The predicted octanol–water partition coefficient (Wildman–Crippen LogP) is 1.23. The minimum absolute atomic E-state index is 0.123. The van der Waals surface area contributed by atoms with Crippen molar-refractivity contribution in [2.75, 3.05) is 0 Å². The van der Waals surface area contributed by atoms with Crippen LogP contribution >= 0.6 is 12.2 Å². The molecule has 1 amide bonds. The average Bonchev–Trinajstić information content (AvgIpc) is 2.82. The van der Waals surface area contributed by atoms with Crippen LogP contribution in [0.5, 0.6) is 0 Å². The summed E-state index contributed by atoms with van der Waals surface area (Å²) in [5.74, 6) is 0.813. The number of rotatable bonds is 4. The molecule has 1 saturated carbocycles. The van der Waals surface area contributed by atoms with E-state index in [0.29, 0.717) is 11.7 Å². The maximum Gasteiger partial charge on any atom is 0.233 e. The van der Waals surface area contributed by atoms with E-state index in [0.717, 1.165) is 32.1 Å². The average molecular weight is 282 g/mol. The number of aryl methyl sites for hydroxylation is 1. The molecule has 0 aliphatic heterocycles. The van der Waals surface area contributed by atoms with E-state index in [2.05, 4.69) is 15.5 Å². The highest BCUT2D eigenvalue weighted by Gasteiger charge is 2.42. The monoisotopic (exact) mass is 282 g/mol. The van der Waals surface area contributed by atoms with Crippen molar-refractivity contribution in [1.29, 1.82) is 0 Å². The smallest absolute Gasteiger partial charge is 0.233 e. The SMILES string of the molecule is Cc1nc(CNC(=O)C2(C(N)=S)CCCCC2)no1. The van der Waals surface area contributed by atoms with Crippen LogP contribution < -0.4 is 11.1 Å². The Hall–Kier alpha value is -1.50. The molecule has 1 aliphatic carbocycles. The Bertz CT molecular complexity index is 480. The number of hydrogen-bond acceptors (Lipinski definition) is 5. The lowest BCUT2D eigenvalue weighted by atomic mass is 9.73. The number of aromatic nitrogens is 2. The van der Waals surface area contributed by atoms with Crippen molar-refractivity contribution in [3.05, 3.63) is 11.7 Å². The van der Waals surface area contributed by atoms with Crippen LogP contribution in [0.4, 0.5) is 0 Å². The number of amides is 1. The zero-order chi connectivity index (χ0) is 13.9. The van der Waals surface area contributed by atoms with Gasteiger partial charge in [-0.2, -0.15) is 4.98 Å². The summed E-state index contributed by atoms with van der Waals surface area (Å²) >= 11 is 5.11. The number of thiocarbonyl (C=S) groups is 1. The summed E-state index contributed by atoms with van der Waals surface area (Å²) < 4.78 is 4.85. The van der Waals surface area contributed by atoms with E-state index in [4.69, 9.17) is 22.5 Å². The Morgan fingerprint density at radius 3 is 2.68 bits per heavy atom. The van der Waals surface area contributed by atoms with Gasteiger partial charge in [-0.15, -0.1) is 0 Å². The second-order valence-electron chi connectivity index (χ2n) is 4.92. The first-order chi connectivity index (χ1) is 9.04. The number of nitrogens with two attached hydrogens (primary N) is 1. The van der Waals surface area contributed by atoms with Gasteiger partial charge in [-0.25, -0.2) is 0 Å². The second-order valence-corrected chi connectivity index (χ2v) is 5.36. The molecule has 0 bridgehead atoms. The summed E-state index contributed by atoms with van der Waals surface area (Å²) in [4.78, 5) is 16.7. The van der Waals surface area contributed by atoms with E-state index < -0.39 is 5.41 Å². The molecular formula is C12H18N4O2S. The minimum Gasteiger partial charge on any atom is -0.392 e. The Morgan fingerprint density at radius 2 is 2.16 bits per heavy atom. The van der Waals surface area contributed by atoms with Gasteiger partial charge in [0.1, 0.15) is 0 Å². The van der Waals surface area contributed by atoms with Gasteiger partial charge >= 0.3 is 0 Å². The fraction of sp³-hybridized carbons (Fsp3) is 0.667. The molecule has 1 fully saturated rings. The van der Waals surface area contributed by atoms with Crippen molar-refractivity contribution >= 4 is 23.1 Å². The lowest BCUT2D eigenvalue weighted by molar-refractivity contribution is -0.129. The van der Waals surface area contributed by atoms with Gasteiger partial charge in [-0.05, 0) is 12.8 Å². The molecule has 1 aromatic heterocycles. The van der Waals surface area contributed by atoms with Crippen molar-refractivity contribution in [2.45, 2.75) is 45.6 Å². The topological polar surface area (TPSA) is 94.0 Å². The molecule has 104 valence electrons. The van der Waals surface area contributed by atoms with Gasteiger partial charge in [0.25, 0.3) is 0 Å². The first-order valence-electron chi connectivity index (χ1n) is 6.42. The first-order valence-corrected chi connectivity index (χ1v) is 6.83. The molecule has 0 radical (unpaired) electrons. The number of carbonyl (C=O) groups excluding carboxylic acids is 1. The summed E-state index contributed by atoms with van der Waals surface area (Å²) in [7, 11) is 0. The van der Waals surface area contributed by atoms with Crippen LogP contribution in [-0.4, -0.2) is 21.0 Å². The quantitative estimate of drug-likeness (QED) is 0.807. The van der Waals surface area contributed by atoms with Crippen molar-refractivity contribution in [2.24, 2.45) is 11.1 Å². The summed E-state index contributed by atoms with van der Waals surface area (Å²) in [6, 6.07) is 0. The number of hydrogen-bond donors (Lipinski definition) is 2. The fourth-order valence-corrected chi connectivity index (χ4v) is 2.78. The van der Waals surface area contributed by atoms with Gasteiger partial charge < -0.3 is 15.6 Å². The van der Waals surface area contributed by atoms with Gasteiger partial charge in [0.05, 0.1) is 16.9 Å². The van der Waals surface area contributed by atoms with Crippen LogP contribution in [0, 0.1) is 12.3 Å². The molecule has 1 aromatic rings. The molecular weight excluding hydrogens is 264 g/mol. The Kier molecular flexibility index (Phi) is 4.14. The molecule has 0 unspecified atom stereocenters. The number of carbonyl (C=O) groups is 1. The van der Waals surface area contributed by atoms with E-state index in [1.807, 2.05) is 0 Å². The lowest BCUT2D eigenvalue weighted by Gasteiger charge is -2.34. The first kappa shape index (κ1) is 13.9. The zero-order valence-electron chi connectivity index (χ0n) is 10.9. The van der Waals surface area contributed by atoms with Crippen LogP contribution in [0.15, 0.2) is 4.52 Å². The molecule has 19 heavy (non-hydrogen) atoms. The van der Waals surface area contributed by atoms with Gasteiger partial charge in [-0.3, -0.25) is 4.79 Å². The van der Waals surface area contributed by atoms with Gasteiger partial charge in [0.15, 0.2) is 5.82 Å². The Labute approximate surface area is 117 Å². The van der Waals surface area contributed by atoms with Crippen molar-refractivity contribution < 1.29 is 9.32 Å². The molecule has 2 rings (SSSR count). The largest absolute Gasteiger partial charge is 0.392 e. The van der Waals surface area contributed by atoms with E-state index >= 15 is 0 Å². The van der Waals surface area contributed by atoms with E-state index in [9.17, 15) is 4.79 Å². The maximum absolute atomic E-state index is 12.4. The predicted molar refractivity (Wildman–Crippen MR) is 73.2 cm³/mol. The van der Waals surface area contributed by atoms with Gasteiger partial charge in [0.2, 0.25) is 11.8 Å². The molecule has 0 atom stereocenters. The summed E-state index contributed by atoms with van der Waals surface area (Å²) in [6.07, 6.45) is 4.53. The summed E-state index contributed by atoms with van der Waals surface area (Å²) in [6.45, 7) is 1.94. The maximum atomic E-state index is 12.4. The van der Waals surface area contributed by atoms with Crippen LogP contribution in [0.25, 0.3) is 0 Å². The van der Waals surface area contributed by atoms with Crippen LogP contribution in [0.3, 0.4) is 0 Å². The molecule has 3 N–H and O–H groups in total. The van der Waals surface area contributed by atoms with E-state index in [1.54, 1.807) is 6.92 Å². The number of nitrogens with one attached hydrogen (secondary N) is 1. The normalized spacial score (nSPS) is 17.9. The van der Waals surface area contributed by atoms with Crippen LogP contribution in [0.2, 0.25) is 0 Å². The fourth-order valence-electron chi connectivity index (χ4n) is 2.48. The highest BCUT2D eigenvalue weighted by Crippen LogP contribution is 2.36. The zero-order valence-corrected chi connectivity index (χ0v) is 11.8.